The standard InChI is InChI=1S/C22H23N3O2/c1-12(2)25-18-9-7-6-8-16(18)20-14(4)21(13(3)10-19(20)25)24-22(26)17-11-23-27-15(17)5/h6-12H,1-5H3,(H,24,26). The van der Waals surface area contributed by atoms with E-state index in [1.807, 2.05) is 6.92 Å². The monoisotopic (exact) mass is 361 g/mol. The number of hydrogen-bond acceptors (Lipinski definition) is 3. The molecule has 0 spiro atoms. The van der Waals surface area contributed by atoms with Crippen LogP contribution in [0.5, 0.6) is 0 Å². The van der Waals surface area contributed by atoms with Crippen LogP contribution >= 0.6 is 0 Å². The lowest BCUT2D eigenvalue weighted by molar-refractivity contribution is 0.102. The van der Waals surface area contributed by atoms with Crippen molar-refractivity contribution < 1.29 is 9.32 Å². The summed E-state index contributed by atoms with van der Waals surface area (Å²) in [5, 5.41) is 9.16. The number of amides is 1. The van der Waals surface area contributed by atoms with Gasteiger partial charge < -0.3 is 14.4 Å². The summed E-state index contributed by atoms with van der Waals surface area (Å²) in [6.07, 6.45) is 1.46. The molecular formula is C22H23N3O2. The number of nitrogens with zero attached hydrogens (tertiary/aromatic N) is 2. The van der Waals surface area contributed by atoms with E-state index in [0.717, 1.165) is 16.8 Å². The predicted molar refractivity (Wildman–Crippen MR) is 108 cm³/mol. The number of aryl methyl sites for hydroxylation is 3. The van der Waals surface area contributed by atoms with Crippen LogP contribution < -0.4 is 5.32 Å². The van der Waals surface area contributed by atoms with Gasteiger partial charge in [-0.2, -0.15) is 0 Å². The average Bonchev–Trinajstić information content (AvgIpc) is 3.19. The quantitative estimate of drug-likeness (QED) is 0.521. The number of benzene rings is 2. The van der Waals surface area contributed by atoms with Crippen LogP contribution in [0, 0.1) is 20.8 Å². The van der Waals surface area contributed by atoms with Crippen molar-refractivity contribution in [1.29, 1.82) is 0 Å². The zero-order valence-electron chi connectivity index (χ0n) is 16.3. The summed E-state index contributed by atoms with van der Waals surface area (Å²) in [6.45, 7) is 10.2. The Hall–Kier alpha value is -3.08. The average molecular weight is 361 g/mol. The van der Waals surface area contributed by atoms with Crippen molar-refractivity contribution in [2.45, 2.75) is 40.7 Å². The van der Waals surface area contributed by atoms with Gasteiger partial charge in [0.15, 0.2) is 0 Å². The minimum Gasteiger partial charge on any atom is -0.361 e. The first-order chi connectivity index (χ1) is 12.9. The van der Waals surface area contributed by atoms with Gasteiger partial charge in [0.25, 0.3) is 5.91 Å². The molecule has 27 heavy (non-hydrogen) atoms. The number of fused-ring (bicyclic) bond motifs is 3. The van der Waals surface area contributed by atoms with Crippen molar-refractivity contribution in [3.05, 3.63) is 59.0 Å². The van der Waals surface area contributed by atoms with Gasteiger partial charge in [-0.15, -0.1) is 0 Å². The highest BCUT2D eigenvalue weighted by Crippen LogP contribution is 2.38. The lowest BCUT2D eigenvalue weighted by atomic mass is 10.0. The first kappa shape index (κ1) is 17.3. The van der Waals surface area contributed by atoms with E-state index >= 15 is 0 Å². The molecule has 0 aliphatic carbocycles. The fraction of sp³-hybridized carbons (Fsp3) is 0.273. The second kappa shape index (κ2) is 6.27. The van der Waals surface area contributed by atoms with Gasteiger partial charge in [-0.05, 0) is 57.9 Å². The zero-order valence-corrected chi connectivity index (χ0v) is 16.3. The number of nitrogens with one attached hydrogen (secondary N) is 1. The molecule has 0 radical (unpaired) electrons. The number of anilines is 1. The van der Waals surface area contributed by atoms with Crippen LogP contribution in [0.15, 0.2) is 41.1 Å². The summed E-state index contributed by atoms with van der Waals surface area (Å²) in [5.41, 5.74) is 5.82. The van der Waals surface area contributed by atoms with Gasteiger partial charge in [0.1, 0.15) is 11.3 Å². The Bertz CT molecular complexity index is 1180. The Balaban J connectivity index is 1.95. The fourth-order valence-electron chi connectivity index (χ4n) is 3.96. The van der Waals surface area contributed by atoms with Crippen LogP contribution in [0.2, 0.25) is 0 Å². The Morgan fingerprint density at radius 2 is 1.89 bits per heavy atom. The van der Waals surface area contributed by atoms with E-state index in [1.54, 1.807) is 6.92 Å². The van der Waals surface area contributed by atoms with Crippen LogP contribution in [0.25, 0.3) is 21.8 Å². The van der Waals surface area contributed by atoms with Crippen molar-refractivity contribution in [3.63, 3.8) is 0 Å². The van der Waals surface area contributed by atoms with E-state index in [-0.39, 0.29) is 5.91 Å². The molecule has 0 unspecified atom stereocenters. The molecule has 2 aromatic carbocycles. The van der Waals surface area contributed by atoms with Gasteiger partial charge in [-0.25, -0.2) is 0 Å². The largest absolute Gasteiger partial charge is 0.361 e. The van der Waals surface area contributed by atoms with Crippen LogP contribution in [0.3, 0.4) is 0 Å². The molecule has 0 atom stereocenters. The summed E-state index contributed by atoms with van der Waals surface area (Å²) in [5.74, 6) is 0.312. The van der Waals surface area contributed by atoms with Gasteiger partial charge in [0, 0.05) is 28.0 Å². The van der Waals surface area contributed by atoms with Crippen molar-refractivity contribution >= 4 is 33.4 Å². The van der Waals surface area contributed by atoms with Crippen LogP contribution in [0.4, 0.5) is 5.69 Å². The highest BCUT2D eigenvalue weighted by Gasteiger charge is 2.20. The van der Waals surface area contributed by atoms with Gasteiger partial charge in [0.2, 0.25) is 0 Å². The summed E-state index contributed by atoms with van der Waals surface area (Å²) in [7, 11) is 0. The third-order valence-corrected chi connectivity index (χ3v) is 5.20. The van der Waals surface area contributed by atoms with E-state index < -0.39 is 0 Å². The zero-order chi connectivity index (χ0) is 19.3. The molecule has 2 heterocycles. The third kappa shape index (κ3) is 2.62. The Morgan fingerprint density at radius 1 is 1.15 bits per heavy atom. The number of rotatable bonds is 3. The maximum Gasteiger partial charge on any atom is 0.260 e. The first-order valence-corrected chi connectivity index (χ1v) is 9.15. The maximum absolute atomic E-state index is 12.7. The summed E-state index contributed by atoms with van der Waals surface area (Å²) in [4.78, 5) is 12.7. The van der Waals surface area contributed by atoms with Gasteiger partial charge in [0.05, 0.1) is 11.7 Å². The third-order valence-electron chi connectivity index (χ3n) is 5.20. The Labute approximate surface area is 158 Å². The Kier molecular flexibility index (Phi) is 4.02. The summed E-state index contributed by atoms with van der Waals surface area (Å²) < 4.78 is 7.39. The molecule has 0 fully saturated rings. The molecule has 0 bridgehead atoms. The predicted octanol–water partition coefficient (Wildman–Crippen LogP) is 5.54. The molecule has 1 N–H and O–H groups in total. The van der Waals surface area contributed by atoms with Crippen molar-refractivity contribution in [1.82, 2.24) is 9.72 Å². The Morgan fingerprint density at radius 3 is 2.56 bits per heavy atom. The van der Waals surface area contributed by atoms with E-state index in [4.69, 9.17) is 4.52 Å². The molecule has 0 aliphatic rings. The van der Waals surface area contributed by atoms with Crippen LogP contribution in [-0.2, 0) is 0 Å². The van der Waals surface area contributed by atoms with Crippen molar-refractivity contribution in [2.24, 2.45) is 0 Å². The highest BCUT2D eigenvalue weighted by molar-refractivity contribution is 6.14. The number of aromatic nitrogens is 2. The maximum atomic E-state index is 12.7. The summed E-state index contributed by atoms with van der Waals surface area (Å²) >= 11 is 0. The molecular weight excluding hydrogens is 338 g/mol. The number of para-hydroxylation sites is 1. The molecule has 2 aromatic heterocycles. The van der Waals surface area contributed by atoms with E-state index in [0.29, 0.717) is 17.4 Å². The molecule has 5 heteroatoms. The van der Waals surface area contributed by atoms with Gasteiger partial charge >= 0.3 is 0 Å². The second-order valence-corrected chi connectivity index (χ2v) is 7.32. The molecule has 5 nitrogen and oxygen atoms in total. The number of carbonyl (C=O) groups excluding carboxylic acids is 1. The van der Waals surface area contributed by atoms with E-state index in [2.05, 4.69) is 66.1 Å². The lowest BCUT2D eigenvalue weighted by Gasteiger charge is -2.15. The molecule has 1 amide bonds. The highest BCUT2D eigenvalue weighted by atomic mass is 16.5. The first-order valence-electron chi connectivity index (χ1n) is 9.15. The lowest BCUT2D eigenvalue weighted by Crippen LogP contribution is -2.14. The molecule has 0 saturated carbocycles. The molecule has 4 aromatic rings. The topological polar surface area (TPSA) is 60.1 Å². The SMILES string of the molecule is Cc1cc2c(c(C)c1NC(=O)c1cnoc1C)c1ccccc1n2C(C)C. The van der Waals surface area contributed by atoms with Crippen molar-refractivity contribution in [2.75, 3.05) is 5.32 Å². The number of carbonyl (C=O) groups is 1. The molecule has 0 saturated heterocycles. The minimum atomic E-state index is -0.202. The normalized spacial score (nSPS) is 11.6. The van der Waals surface area contributed by atoms with Crippen LogP contribution in [0.1, 0.15) is 47.1 Å². The van der Waals surface area contributed by atoms with Gasteiger partial charge in [-0.1, -0.05) is 23.4 Å². The fourth-order valence-corrected chi connectivity index (χ4v) is 3.96. The summed E-state index contributed by atoms with van der Waals surface area (Å²) in [6, 6.07) is 10.9. The molecule has 0 aliphatic heterocycles. The van der Waals surface area contributed by atoms with Gasteiger partial charge in [-0.3, -0.25) is 4.79 Å². The van der Waals surface area contributed by atoms with E-state index in [1.165, 1.54) is 28.0 Å². The van der Waals surface area contributed by atoms with Crippen LogP contribution in [-0.4, -0.2) is 15.6 Å². The molecule has 4 rings (SSSR count). The molecule has 138 valence electrons. The number of hydrogen-bond donors (Lipinski definition) is 1. The smallest absolute Gasteiger partial charge is 0.260 e. The van der Waals surface area contributed by atoms with Crippen molar-refractivity contribution in [3.8, 4) is 0 Å². The van der Waals surface area contributed by atoms with E-state index in [9.17, 15) is 4.79 Å². The minimum absolute atomic E-state index is 0.202. The second-order valence-electron chi connectivity index (χ2n) is 7.32.